The molecular formula is C22H19NO4. The number of amides is 1. The highest BCUT2D eigenvalue weighted by atomic mass is 16.5. The first-order valence-corrected chi connectivity index (χ1v) is 8.44. The van der Waals surface area contributed by atoms with E-state index >= 15 is 0 Å². The largest absolute Gasteiger partial charge is 0.497 e. The molecular weight excluding hydrogens is 342 g/mol. The summed E-state index contributed by atoms with van der Waals surface area (Å²) < 4.78 is 10.4. The Hall–Kier alpha value is -3.60. The standard InChI is InChI=1S/C22H19NO4/c1-26-19-12-10-17(11-13-19)22(25)27-20-9-5-8-18(14-20)21(24)23-15-16-6-3-2-4-7-16/h2-14H,15H2,1H3,(H,23,24). The van der Waals surface area contributed by atoms with E-state index in [1.807, 2.05) is 30.3 Å². The van der Waals surface area contributed by atoms with Crippen LogP contribution in [0.5, 0.6) is 11.5 Å². The summed E-state index contributed by atoms with van der Waals surface area (Å²) in [5.41, 5.74) is 1.83. The van der Waals surface area contributed by atoms with Crippen molar-refractivity contribution in [2.45, 2.75) is 6.54 Å². The van der Waals surface area contributed by atoms with Gasteiger partial charge in [-0.05, 0) is 48.0 Å². The number of ether oxygens (including phenoxy) is 2. The van der Waals surface area contributed by atoms with Crippen LogP contribution in [0.25, 0.3) is 0 Å². The van der Waals surface area contributed by atoms with E-state index < -0.39 is 5.97 Å². The van der Waals surface area contributed by atoms with Crippen LogP contribution in [0.3, 0.4) is 0 Å². The van der Waals surface area contributed by atoms with E-state index in [4.69, 9.17) is 9.47 Å². The van der Waals surface area contributed by atoms with Crippen molar-refractivity contribution in [3.63, 3.8) is 0 Å². The fraction of sp³-hybridized carbons (Fsp3) is 0.0909. The molecule has 0 aliphatic carbocycles. The molecule has 136 valence electrons. The molecule has 0 saturated carbocycles. The Morgan fingerprint density at radius 1 is 0.815 bits per heavy atom. The molecule has 0 bridgehead atoms. The zero-order chi connectivity index (χ0) is 19.1. The smallest absolute Gasteiger partial charge is 0.343 e. The Bertz CT molecular complexity index is 921. The molecule has 0 fully saturated rings. The molecule has 3 rings (SSSR count). The molecule has 0 aromatic heterocycles. The van der Waals surface area contributed by atoms with Crippen molar-refractivity contribution in [3.8, 4) is 11.5 Å². The number of esters is 1. The van der Waals surface area contributed by atoms with Gasteiger partial charge in [-0.25, -0.2) is 4.79 Å². The van der Waals surface area contributed by atoms with E-state index in [-0.39, 0.29) is 5.91 Å². The average molecular weight is 361 g/mol. The van der Waals surface area contributed by atoms with Gasteiger partial charge in [0.25, 0.3) is 5.91 Å². The van der Waals surface area contributed by atoms with Gasteiger partial charge in [0.05, 0.1) is 12.7 Å². The number of carbonyl (C=O) groups is 2. The van der Waals surface area contributed by atoms with E-state index in [1.54, 1.807) is 55.6 Å². The first-order chi connectivity index (χ1) is 13.2. The number of nitrogens with one attached hydrogen (secondary N) is 1. The number of hydrogen-bond donors (Lipinski definition) is 1. The Balaban J connectivity index is 1.63. The van der Waals surface area contributed by atoms with Crippen LogP contribution in [0.2, 0.25) is 0 Å². The van der Waals surface area contributed by atoms with E-state index in [0.717, 1.165) is 5.56 Å². The van der Waals surface area contributed by atoms with E-state index in [9.17, 15) is 9.59 Å². The summed E-state index contributed by atoms with van der Waals surface area (Å²) in [6, 6.07) is 22.8. The second-order valence-electron chi connectivity index (χ2n) is 5.81. The molecule has 0 saturated heterocycles. The summed E-state index contributed by atoms with van der Waals surface area (Å²) in [5, 5.41) is 2.85. The molecule has 0 radical (unpaired) electrons. The molecule has 5 heteroatoms. The molecule has 3 aromatic carbocycles. The zero-order valence-electron chi connectivity index (χ0n) is 14.8. The van der Waals surface area contributed by atoms with Crippen molar-refractivity contribution in [1.82, 2.24) is 5.32 Å². The minimum absolute atomic E-state index is 0.235. The highest BCUT2D eigenvalue weighted by Crippen LogP contribution is 2.17. The fourth-order valence-electron chi connectivity index (χ4n) is 2.47. The van der Waals surface area contributed by atoms with Crippen molar-refractivity contribution in [2.75, 3.05) is 7.11 Å². The maximum atomic E-state index is 12.3. The highest BCUT2D eigenvalue weighted by molar-refractivity contribution is 5.95. The lowest BCUT2D eigenvalue weighted by molar-refractivity contribution is 0.0733. The number of rotatable bonds is 6. The van der Waals surface area contributed by atoms with Gasteiger partial charge < -0.3 is 14.8 Å². The third-order valence-corrected chi connectivity index (χ3v) is 3.93. The number of carbonyl (C=O) groups excluding carboxylic acids is 2. The predicted octanol–water partition coefficient (Wildman–Crippen LogP) is 3.84. The van der Waals surface area contributed by atoms with Gasteiger partial charge in [0, 0.05) is 12.1 Å². The molecule has 5 nitrogen and oxygen atoms in total. The van der Waals surface area contributed by atoms with E-state index in [2.05, 4.69) is 5.32 Å². The SMILES string of the molecule is COc1ccc(C(=O)Oc2cccc(C(=O)NCc3ccccc3)c2)cc1. The molecule has 27 heavy (non-hydrogen) atoms. The molecule has 1 N–H and O–H groups in total. The summed E-state index contributed by atoms with van der Waals surface area (Å²) in [5.74, 6) is 0.229. The summed E-state index contributed by atoms with van der Waals surface area (Å²) in [6.07, 6.45) is 0. The monoisotopic (exact) mass is 361 g/mol. The summed E-state index contributed by atoms with van der Waals surface area (Å²) in [7, 11) is 1.56. The molecule has 0 heterocycles. The van der Waals surface area contributed by atoms with Crippen LogP contribution < -0.4 is 14.8 Å². The quantitative estimate of drug-likeness (QED) is 0.535. The van der Waals surface area contributed by atoms with Gasteiger partial charge in [0.15, 0.2) is 0 Å². The van der Waals surface area contributed by atoms with Crippen LogP contribution in [0.15, 0.2) is 78.9 Å². The average Bonchev–Trinajstić information content (AvgIpc) is 2.73. The molecule has 1 amide bonds. The second-order valence-corrected chi connectivity index (χ2v) is 5.81. The minimum Gasteiger partial charge on any atom is -0.497 e. The first kappa shape index (κ1) is 18.2. The van der Waals surface area contributed by atoms with E-state index in [0.29, 0.717) is 29.2 Å². The number of hydrogen-bond acceptors (Lipinski definition) is 4. The lowest BCUT2D eigenvalue weighted by Gasteiger charge is -2.08. The van der Waals surface area contributed by atoms with Crippen LogP contribution in [0.1, 0.15) is 26.3 Å². The first-order valence-electron chi connectivity index (χ1n) is 8.44. The Morgan fingerprint density at radius 2 is 1.56 bits per heavy atom. The summed E-state index contributed by atoms with van der Waals surface area (Å²) in [6.45, 7) is 0.426. The number of benzene rings is 3. The lowest BCUT2D eigenvalue weighted by atomic mass is 10.2. The Labute approximate surface area is 157 Å². The van der Waals surface area contributed by atoms with Gasteiger partial charge >= 0.3 is 5.97 Å². The van der Waals surface area contributed by atoms with E-state index in [1.165, 1.54) is 0 Å². The van der Waals surface area contributed by atoms with Gasteiger partial charge in [0.2, 0.25) is 0 Å². The lowest BCUT2D eigenvalue weighted by Crippen LogP contribution is -2.22. The summed E-state index contributed by atoms with van der Waals surface area (Å²) >= 11 is 0. The van der Waals surface area contributed by atoms with Crippen molar-refractivity contribution >= 4 is 11.9 Å². The molecule has 0 spiro atoms. The van der Waals surface area contributed by atoms with Crippen LogP contribution in [0, 0.1) is 0 Å². The van der Waals surface area contributed by atoms with Crippen LogP contribution >= 0.6 is 0 Å². The van der Waals surface area contributed by atoms with Crippen molar-refractivity contribution in [1.29, 1.82) is 0 Å². The van der Waals surface area contributed by atoms with Crippen molar-refractivity contribution in [3.05, 3.63) is 95.6 Å². The van der Waals surface area contributed by atoms with Gasteiger partial charge in [-0.3, -0.25) is 4.79 Å². The molecule has 3 aromatic rings. The van der Waals surface area contributed by atoms with Gasteiger partial charge in [-0.1, -0.05) is 36.4 Å². The molecule has 0 atom stereocenters. The normalized spacial score (nSPS) is 10.1. The van der Waals surface area contributed by atoms with Crippen LogP contribution in [-0.2, 0) is 6.54 Å². The third-order valence-electron chi connectivity index (χ3n) is 3.93. The van der Waals surface area contributed by atoms with Crippen LogP contribution in [-0.4, -0.2) is 19.0 Å². The van der Waals surface area contributed by atoms with Crippen LogP contribution in [0.4, 0.5) is 0 Å². The van der Waals surface area contributed by atoms with Crippen molar-refractivity contribution in [2.24, 2.45) is 0 Å². The molecule has 0 unspecified atom stereocenters. The minimum atomic E-state index is -0.500. The second kappa shape index (κ2) is 8.67. The zero-order valence-corrected chi connectivity index (χ0v) is 14.8. The van der Waals surface area contributed by atoms with Crippen molar-refractivity contribution < 1.29 is 19.1 Å². The van der Waals surface area contributed by atoms with Gasteiger partial charge in [0.1, 0.15) is 11.5 Å². The molecule has 0 aliphatic heterocycles. The summed E-state index contributed by atoms with van der Waals surface area (Å²) in [4.78, 5) is 24.6. The highest BCUT2D eigenvalue weighted by Gasteiger charge is 2.11. The maximum absolute atomic E-state index is 12.3. The third kappa shape index (κ3) is 4.95. The maximum Gasteiger partial charge on any atom is 0.343 e. The van der Waals surface area contributed by atoms with Gasteiger partial charge in [-0.2, -0.15) is 0 Å². The van der Waals surface area contributed by atoms with Gasteiger partial charge in [-0.15, -0.1) is 0 Å². The fourth-order valence-corrected chi connectivity index (χ4v) is 2.47. The topological polar surface area (TPSA) is 64.6 Å². The predicted molar refractivity (Wildman–Crippen MR) is 102 cm³/mol. The molecule has 0 aliphatic rings. The Kier molecular flexibility index (Phi) is 5.84. The number of methoxy groups -OCH3 is 1. The Morgan fingerprint density at radius 3 is 2.26 bits per heavy atom.